The van der Waals surface area contributed by atoms with Crippen LogP contribution in [0.25, 0.3) is 0 Å². The summed E-state index contributed by atoms with van der Waals surface area (Å²) in [6, 6.07) is -0.132. The van der Waals surface area contributed by atoms with Gasteiger partial charge in [0.2, 0.25) is 16.0 Å². The summed E-state index contributed by atoms with van der Waals surface area (Å²) in [6.45, 7) is 3.27. The number of nitrogens with zero attached hydrogens (tertiary/aromatic N) is 2. The van der Waals surface area contributed by atoms with Crippen molar-refractivity contribution in [1.82, 2.24) is 14.7 Å². The SMILES string of the molecule is CNc1ncc(S(=O)(=O)NC(C)C2CCOCC2)cn1. The lowest BCUT2D eigenvalue weighted by molar-refractivity contribution is 0.0585. The summed E-state index contributed by atoms with van der Waals surface area (Å²) in [7, 11) is -1.90. The predicted octanol–water partition coefficient (Wildman–Crippen LogP) is 0.612. The number of nitrogens with one attached hydrogen (secondary N) is 2. The zero-order valence-corrected chi connectivity index (χ0v) is 12.5. The first-order valence-electron chi connectivity index (χ1n) is 6.63. The van der Waals surface area contributed by atoms with Gasteiger partial charge in [-0.3, -0.25) is 0 Å². The lowest BCUT2D eigenvalue weighted by Crippen LogP contribution is -2.40. The van der Waals surface area contributed by atoms with Gasteiger partial charge >= 0.3 is 0 Å². The Bertz CT molecular complexity index is 526. The molecule has 20 heavy (non-hydrogen) atoms. The molecule has 0 amide bonds. The largest absolute Gasteiger partial charge is 0.381 e. The van der Waals surface area contributed by atoms with E-state index in [2.05, 4.69) is 20.0 Å². The van der Waals surface area contributed by atoms with Gasteiger partial charge in [0.25, 0.3) is 0 Å². The van der Waals surface area contributed by atoms with E-state index in [0.717, 1.165) is 12.8 Å². The topological polar surface area (TPSA) is 93.2 Å². The molecule has 1 aromatic heterocycles. The summed E-state index contributed by atoms with van der Waals surface area (Å²) < 4.78 is 32.5. The molecule has 7 nitrogen and oxygen atoms in total. The first-order valence-corrected chi connectivity index (χ1v) is 8.11. The second-order valence-electron chi connectivity index (χ2n) is 4.85. The van der Waals surface area contributed by atoms with E-state index in [1.807, 2.05) is 6.92 Å². The average Bonchev–Trinajstić information content (AvgIpc) is 2.48. The first-order chi connectivity index (χ1) is 9.53. The number of hydrogen-bond acceptors (Lipinski definition) is 6. The Balaban J connectivity index is 2.05. The van der Waals surface area contributed by atoms with E-state index in [1.54, 1.807) is 7.05 Å². The zero-order chi connectivity index (χ0) is 14.6. The number of sulfonamides is 1. The fraction of sp³-hybridized carbons (Fsp3) is 0.667. The fourth-order valence-corrected chi connectivity index (χ4v) is 3.41. The summed E-state index contributed by atoms with van der Waals surface area (Å²) in [4.78, 5) is 7.92. The summed E-state index contributed by atoms with van der Waals surface area (Å²) in [5.74, 6) is 0.692. The quantitative estimate of drug-likeness (QED) is 0.827. The minimum atomic E-state index is -3.58. The molecular weight excluding hydrogens is 280 g/mol. The van der Waals surface area contributed by atoms with E-state index in [-0.39, 0.29) is 10.9 Å². The van der Waals surface area contributed by atoms with Gasteiger partial charge in [0.05, 0.1) is 12.4 Å². The number of rotatable bonds is 5. The van der Waals surface area contributed by atoms with Gasteiger partial charge in [0.15, 0.2) is 0 Å². The number of ether oxygens (including phenoxy) is 1. The lowest BCUT2D eigenvalue weighted by Gasteiger charge is -2.28. The maximum atomic E-state index is 12.2. The van der Waals surface area contributed by atoms with Crippen molar-refractivity contribution in [3.05, 3.63) is 12.4 Å². The normalized spacial score (nSPS) is 18.7. The summed E-state index contributed by atoms with van der Waals surface area (Å²) in [5.41, 5.74) is 0. The van der Waals surface area contributed by atoms with Crippen LogP contribution in [0.4, 0.5) is 5.95 Å². The van der Waals surface area contributed by atoms with Gasteiger partial charge in [-0.2, -0.15) is 0 Å². The Morgan fingerprint density at radius 2 is 1.90 bits per heavy atom. The molecule has 1 aliphatic heterocycles. The molecule has 1 saturated heterocycles. The average molecular weight is 300 g/mol. The Labute approximate surface area is 119 Å². The van der Waals surface area contributed by atoms with Crippen molar-refractivity contribution in [1.29, 1.82) is 0 Å². The van der Waals surface area contributed by atoms with Crippen molar-refractivity contribution in [3.8, 4) is 0 Å². The van der Waals surface area contributed by atoms with Crippen molar-refractivity contribution in [2.75, 3.05) is 25.6 Å². The second kappa shape index (κ2) is 6.47. The molecule has 1 atom stereocenters. The highest BCUT2D eigenvalue weighted by atomic mass is 32.2. The minimum absolute atomic E-state index is 0.0791. The third-order valence-electron chi connectivity index (χ3n) is 3.48. The van der Waals surface area contributed by atoms with Gasteiger partial charge in [0, 0.05) is 26.3 Å². The number of aromatic nitrogens is 2. The van der Waals surface area contributed by atoms with Crippen molar-refractivity contribution < 1.29 is 13.2 Å². The predicted molar refractivity (Wildman–Crippen MR) is 74.9 cm³/mol. The molecule has 0 saturated carbocycles. The lowest BCUT2D eigenvalue weighted by atomic mass is 9.94. The maximum Gasteiger partial charge on any atom is 0.243 e. The van der Waals surface area contributed by atoms with E-state index in [1.165, 1.54) is 12.4 Å². The molecule has 0 bridgehead atoms. The van der Waals surface area contributed by atoms with E-state index >= 15 is 0 Å². The molecule has 0 aliphatic carbocycles. The minimum Gasteiger partial charge on any atom is -0.381 e. The van der Waals surface area contributed by atoms with Crippen LogP contribution in [0.3, 0.4) is 0 Å². The van der Waals surface area contributed by atoms with Crippen LogP contribution in [0.15, 0.2) is 17.3 Å². The maximum absolute atomic E-state index is 12.2. The van der Waals surface area contributed by atoms with Crippen molar-refractivity contribution in [2.45, 2.75) is 30.7 Å². The standard InChI is InChI=1S/C12H20N4O3S/c1-9(10-3-5-19-6-4-10)16-20(17,18)11-7-14-12(13-2)15-8-11/h7-10,16H,3-6H2,1-2H3,(H,13,14,15). The zero-order valence-electron chi connectivity index (χ0n) is 11.7. The molecule has 1 aliphatic rings. The van der Waals surface area contributed by atoms with Gasteiger partial charge in [-0.05, 0) is 25.7 Å². The molecular formula is C12H20N4O3S. The summed E-state index contributed by atoms with van der Waals surface area (Å²) in [5, 5.41) is 2.75. The highest BCUT2D eigenvalue weighted by Gasteiger charge is 2.25. The smallest absolute Gasteiger partial charge is 0.243 e. The van der Waals surface area contributed by atoms with Crippen LogP contribution in [0.2, 0.25) is 0 Å². The molecule has 1 aromatic rings. The van der Waals surface area contributed by atoms with Gasteiger partial charge in [-0.1, -0.05) is 0 Å². The van der Waals surface area contributed by atoms with E-state index < -0.39 is 10.0 Å². The second-order valence-corrected chi connectivity index (χ2v) is 6.57. The van der Waals surface area contributed by atoms with Crippen LogP contribution >= 0.6 is 0 Å². The number of hydrogen-bond donors (Lipinski definition) is 2. The highest BCUT2D eigenvalue weighted by Crippen LogP contribution is 2.20. The van der Waals surface area contributed by atoms with Gasteiger partial charge < -0.3 is 10.1 Å². The van der Waals surface area contributed by atoms with Crippen LogP contribution in [-0.2, 0) is 14.8 Å². The molecule has 112 valence electrons. The van der Waals surface area contributed by atoms with Crippen molar-refractivity contribution in [3.63, 3.8) is 0 Å². The highest BCUT2D eigenvalue weighted by molar-refractivity contribution is 7.89. The van der Waals surface area contributed by atoms with Crippen molar-refractivity contribution in [2.24, 2.45) is 5.92 Å². The molecule has 2 heterocycles. The van der Waals surface area contributed by atoms with Crippen LogP contribution in [0.1, 0.15) is 19.8 Å². The summed E-state index contributed by atoms with van der Waals surface area (Å²) >= 11 is 0. The van der Waals surface area contributed by atoms with E-state index in [4.69, 9.17) is 4.74 Å². The number of anilines is 1. The first kappa shape index (κ1) is 15.1. The molecule has 8 heteroatoms. The van der Waals surface area contributed by atoms with E-state index in [9.17, 15) is 8.42 Å². The molecule has 1 unspecified atom stereocenters. The van der Waals surface area contributed by atoms with Crippen LogP contribution < -0.4 is 10.0 Å². The molecule has 2 rings (SSSR count). The summed E-state index contributed by atoms with van der Waals surface area (Å²) in [6.07, 6.45) is 4.35. The van der Waals surface area contributed by atoms with Crippen LogP contribution in [-0.4, -0.2) is 44.7 Å². The van der Waals surface area contributed by atoms with Crippen molar-refractivity contribution >= 4 is 16.0 Å². The Morgan fingerprint density at radius 3 is 2.45 bits per heavy atom. The van der Waals surface area contributed by atoms with E-state index in [0.29, 0.717) is 25.1 Å². The molecule has 1 fully saturated rings. The van der Waals surface area contributed by atoms with Crippen LogP contribution in [0, 0.1) is 5.92 Å². The Hall–Kier alpha value is -1.25. The van der Waals surface area contributed by atoms with Gasteiger partial charge in [-0.15, -0.1) is 0 Å². The molecule has 0 spiro atoms. The molecule has 0 radical (unpaired) electrons. The monoisotopic (exact) mass is 300 g/mol. The third-order valence-corrected chi connectivity index (χ3v) is 4.99. The van der Waals surface area contributed by atoms with Gasteiger partial charge in [0.1, 0.15) is 4.90 Å². The third kappa shape index (κ3) is 3.65. The molecule has 0 aromatic carbocycles. The fourth-order valence-electron chi connectivity index (χ4n) is 2.21. The Kier molecular flexibility index (Phi) is 4.90. The molecule has 2 N–H and O–H groups in total. The van der Waals surface area contributed by atoms with Gasteiger partial charge in [-0.25, -0.2) is 23.1 Å². The van der Waals surface area contributed by atoms with Crippen LogP contribution in [0.5, 0.6) is 0 Å². The Morgan fingerprint density at radius 1 is 1.30 bits per heavy atom.